The predicted molar refractivity (Wildman–Crippen MR) is 167 cm³/mol. The molecule has 1 amide bonds. The Kier molecular flexibility index (Phi) is 11.1. The average Bonchev–Trinajstić information content (AvgIpc) is 3.02. The van der Waals surface area contributed by atoms with Crippen LogP contribution in [0.3, 0.4) is 0 Å². The topological polar surface area (TPSA) is 119 Å². The lowest BCUT2D eigenvalue weighted by molar-refractivity contribution is -0.118. The number of hydrogen-bond donors (Lipinski definition) is 3. The monoisotopic (exact) mass is 625 g/mol. The van der Waals surface area contributed by atoms with Crippen LogP contribution in [-0.2, 0) is 6.54 Å². The third-order valence-corrected chi connectivity index (χ3v) is 7.78. The quantitative estimate of drug-likeness (QED) is 0.133. The minimum atomic E-state index is -4.51. The molecule has 0 saturated heterocycles. The van der Waals surface area contributed by atoms with Crippen molar-refractivity contribution in [3.05, 3.63) is 100 Å². The van der Waals surface area contributed by atoms with Crippen molar-refractivity contribution in [1.29, 1.82) is 5.53 Å². The zero-order chi connectivity index (χ0) is 31.7. The zero-order valence-corrected chi connectivity index (χ0v) is 25.1. The maximum atomic E-state index is 13.5. The van der Waals surface area contributed by atoms with Gasteiger partial charge in [0.05, 0.1) is 12.6 Å². The van der Waals surface area contributed by atoms with Gasteiger partial charge in [0.1, 0.15) is 6.54 Å². The second-order valence-electron chi connectivity index (χ2n) is 10.8. The van der Waals surface area contributed by atoms with Crippen molar-refractivity contribution in [3.63, 3.8) is 0 Å². The predicted octanol–water partition coefficient (Wildman–Crippen LogP) is 8.15. The van der Waals surface area contributed by atoms with Gasteiger partial charge in [0.15, 0.2) is 5.96 Å². The summed E-state index contributed by atoms with van der Waals surface area (Å²) < 4.78 is 40.4. The van der Waals surface area contributed by atoms with Crippen LogP contribution in [0.25, 0.3) is 0 Å². The summed E-state index contributed by atoms with van der Waals surface area (Å²) in [6.07, 6.45) is 1.35. The van der Waals surface area contributed by atoms with Crippen molar-refractivity contribution in [3.8, 4) is 0 Å². The van der Waals surface area contributed by atoms with Gasteiger partial charge < -0.3 is 16.0 Å². The molecule has 0 aromatic heterocycles. The van der Waals surface area contributed by atoms with Gasteiger partial charge in [-0.05, 0) is 78.8 Å². The van der Waals surface area contributed by atoms with E-state index in [4.69, 9.17) is 22.9 Å². The summed E-state index contributed by atoms with van der Waals surface area (Å²) in [5.74, 6) is -0.610. The molecule has 1 saturated carbocycles. The van der Waals surface area contributed by atoms with Crippen LogP contribution in [0.4, 0.5) is 18.9 Å². The highest BCUT2D eigenvalue weighted by atomic mass is 35.5. The number of nitrogens with zero attached hydrogens (tertiary/aromatic N) is 4. The SMILES string of the molecule is CC(NC(=NCC(F)(F)F)N(Cc1ccc(C(=O)N=C(N)N=N)cc1)c1ccc(C2CCCCC2)cc1)c1ccc(Cl)cc1. The number of carbonyl (C=O) groups is 1. The molecule has 3 aromatic rings. The normalized spacial score (nSPS) is 15.5. The number of rotatable bonds is 8. The Balaban J connectivity index is 1.69. The van der Waals surface area contributed by atoms with E-state index >= 15 is 0 Å². The van der Waals surface area contributed by atoms with Crippen LogP contribution in [0.5, 0.6) is 0 Å². The standard InChI is InChI=1S/C32H35ClF3N7O/c1-21(23-11-15-27(33)16-12-23)40-31(39-20-32(34,35)36)43(28-17-13-25(14-18-28)24-5-3-2-4-6-24)19-22-7-9-26(10-8-22)29(44)41-30(37)42-38/h7-18,21,24,38H,2-6,19-20H2,1H3,(H,39,40)(H2,37,41,44). The first-order valence-electron chi connectivity index (χ1n) is 14.4. The summed E-state index contributed by atoms with van der Waals surface area (Å²) in [6, 6.07) is 21.1. The van der Waals surface area contributed by atoms with Gasteiger partial charge in [0.2, 0.25) is 5.96 Å². The molecule has 1 fully saturated rings. The molecule has 0 heterocycles. The first kappa shape index (κ1) is 32.7. The number of carbonyl (C=O) groups excluding carboxylic acids is 1. The van der Waals surface area contributed by atoms with Crippen molar-refractivity contribution in [1.82, 2.24) is 5.32 Å². The molecule has 4 N–H and O–H groups in total. The summed E-state index contributed by atoms with van der Waals surface area (Å²) in [5.41, 5.74) is 15.9. The van der Waals surface area contributed by atoms with Crippen LogP contribution in [0, 0.1) is 5.53 Å². The molecular formula is C32H35ClF3N7O. The molecule has 0 spiro atoms. The van der Waals surface area contributed by atoms with Gasteiger partial charge in [-0.3, -0.25) is 4.79 Å². The minimum absolute atomic E-state index is 0.0461. The molecule has 12 heteroatoms. The summed E-state index contributed by atoms with van der Waals surface area (Å²) in [4.78, 5) is 21.6. The average molecular weight is 626 g/mol. The number of guanidine groups is 2. The molecule has 4 rings (SSSR count). The fraction of sp³-hybridized carbons (Fsp3) is 0.344. The summed E-state index contributed by atoms with van der Waals surface area (Å²) in [5, 5.41) is 6.68. The highest BCUT2D eigenvalue weighted by Crippen LogP contribution is 2.34. The Morgan fingerprint density at radius 3 is 2.25 bits per heavy atom. The lowest BCUT2D eigenvalue weighted by Crippen LogP contribution is -2.43. The van der Waals surface area contributed by atoms with Gasteiger partial charge in [-0.2, -0.15) is 18.2 Å². The zero-order valence-electron chi connectivity index (χ0n) is 24.3. The van der Waals surface area contributed by atoms with Crippen LogP contribution >= 0.6 is 11.6 Å². The van der Waals surface area contributed by atoms with Crippen LogP contribution in [0.15, 0.2) is 87.9 Å². The van der Waals surface area contributed by atoms with E-state index in [1.165, 1.54) is 24.8 Å². The fourth-order valence-electron chi connectivity index (χ4n) is 5.18. The molecule has 1 unspecified atom stereocenters. The van der Waals surface area contributed by atoms with Crippen molar-refractivity contribution in [2.24, 2.45) is 20.8 Å². The van der Waals surface area contributed by atoms with Gasteiger partial charge in [-0.1, -0.05) is 67.3 Å². The molecule has 1 atom stereocenters. The van der Waals surface area contributed by atoms with Gasteiger partial charge in [0.25, 0.3) is 5.91 Å². The maximum absolute atomic E-state index is 13.5. The number of amides is 1. The Labute approximate surface area is 259 Å². The number of halogens is 4. The molecule has 1 aliphatic rings. The second-order valence-corrected chi connectivity index (χ2v) is 11.2. The van der Waals surface area contributed by atoms with E-state index in [-0.39, 0.29) is 18.1 Å². The van der Waals surface area contributed by atoms with Crippen LogP contribution in [0.1, 0.15) is 78.0 Å². The lowest BCUT2D eigenvalue weighted by Gasteiger charge is -2.30. The number of anilines is 1. The number of aliphatic imine (C=N–C) groups is 2. The van der Waals surface area contributed by atoms with Gasteiger partial charge in [-0.25, -0.2) is 10.5 Å². The van der Waals surface area contributed by atoms with E-state index in [0.29, 0.717) is 22.2 Å². The number of benzene rings is 3. The number of nitrogens with two attached hydrogens (primary N) is 1. The highest BCUT2D eigenvalue weighted by molar-refractivity contribution is 6.30. The van der Waals surface area contributed by atoms with Crippen molar-refractivity contribution in [2.75, 3.05) is 11.4 Å². The number of hydrogen-bond acceptors (Lipinski definition) is 3. The molecule has 8 nitrogen and oxygen atoms in total. The summed E-state index contributed by atoms with van der Waals surface area (Å²) in [6.45, 7) is 0.626. The van der Waals surface area contributed by atoms with Crippen LogP contribution in [0.2, 0.25) is 5.02 Å². The lowest BCUT2D eigenvalue weighted by atomic mass is 9.84. The first-order chi connectivity index (χ1) is 21.0. The molecule has 3 aromatic carbocycles. The van der Waals surface area contributed by atoms with Crippen LogP contribution in [-0.4, -0.2) is 30.5 Å². The van der Waals surface area contributed by atoms with Crippen LogP contribution < -0.4 is 16.0 Å². The Morgan fingerprint density at radius 1 is 1.02 bits per heavy atom. The number of nitrogens with one attached hydrogen (secondary N) is 2. The summed E-state index contributed by atoms with van der Waals surface area (Å²) >= 11 is 6.05. The van der Waals surface area contributed by atoms with Crippen molar-refractivity contribution in [2.45, 2.75) is 63.7 Å². The van der Waals surface area contributed by atoms with Gasteiger partial charge in [0, 0.05) is 16.3 Å². The van der Waals surface area contributed by atoms with Crippen molar-refractivity contribution >= 4 is 35.1 Å². The molecule has 0 aliphatic heterocycles. The molecule has 232 valence electrons. The highest BCUT2D eigenvalue weighted by Gasteiger charge is 2.28. The fourth-order valence-corrected chi connectivity index (χ4v) is 5.31. The Bertz CT molecular complexity index is 1470. The Hall–Kier alpha value is -4.25. The third kappa shape index (κ3) is 9.37. The molecule has 0 bridgehead atoms. The minimum Gasteiger partial charge on any atom is -0.366 e. The van der Waals surface area contributed by atoms with E-state index in [0.717, 1.165) is 18.4 Å². The number of alkyl halides is 3. The first-order valence-corrected chi connectivity index (χ1v) is 14.8. The van der Waals surface area contributed by atoms with E-state index in [9.17, 15) is 18.0 Å². The maximum Gasteiger partial charge on any atom is 0.408 e. The van der Waals surface area contributed by atoms with E-state index in [1.807, 2.05) is 43.3 Å². The van der Waals surface area contributed by atoms with E-state index in [2.05, 4.69) is 20.4 Å². The Morgan fingerprint density at radius 2 is 1.66 bits per heavy atom. The smallest absolute Gasteiger partial charge is 0.366 e. The van der Waals surface area contributed by atoms with Crippen molar-refractivity contribution < 1.29 is 18.0 Å². The van der Waals surface area contributed by atoms with Gasteiger partial charge in [-0.15, -0.1) is 5.11 Å². The molecular weight excluding hydrogens is 591 g/mol. The van der Waals surface area contributed by atoms with Gasteiger partial charge >= 0.3 is 6.18 Å². The molecule has 1 aliphatic carbocycles. The largest absolute Gasteiger partial charge is 0.408 e. The molecule has 44 heavy (non-hydrogen) atoms. The third-order valence-electron chi connectivity index (χ3n) is 7.53. The molecule has 0 radical (unpaired) electrons. The van der Waals surface area contributed by atoms with E-state index in [1.54, 1.807) is 41.3 Å². The summed E-state index contributed by atoms with van der Waals surface area (Å²) in [7, 11) is 0. The van der Waals surface area contributed by atoms with E-state index < -0.39 is 30.6 Å². The second kappa shape index (κ2) is 15.0.